The van der Waals surface area contributed by atoms with Crippen LogP contribution in [0.3, 0.4) is 0 Å². The smallest absolute Gasteiger partial charge is 0.226 e. The monoisotopic (exact) mass is 324 g/mol. The quantitative estimate of drug-likeness (QED) is 0.902. The molecule has 0 unspecified atom stereocenters. The molecule has 1 saturated heterocycles. The zero-order valence-electron chi connectivity index (χ0n) is 14.0. The average molecular weight is 325 g/mol. The van der Waals surface area contributed by atoms with Gasteiger partial charge in [-0.3, -0.25) is 4.79 Å². The largest absolute Gasteiger partial charge is 0.342 e. The molecule has 1 aromatic carbocycles. The van der Waals surface area contributed by atoms with Gasteiger partial charge in [-0.05, 0) is 56.8 Å². The molecule has 0 aromatic heterocycles. The lowest BCUT2D eigenvalue weighted by Gasteiger charge is -2.32. The van der Waals surface area contributed by atoms with Gasteiger partial charge >= 0.3 is 0 Å². The lowest BCUT2D eigenvalue weighted by atomic mass is 9.96. The Morgan fingerprint density at radius 1 is 1.27 bits per heavy atom. The zero-order chi connectivity index (χ0) is 15.2. The third kappa shape index (κ3) is 5.29. The molecule has 1 aliphatic rings. The summed E-state index contributed by atoms with van der Waals surface area (Å²) in [5, 5.41) is 3.41. The number of carbonyl (C=O) groups is 1. The predicted octanol–water partition coefficient (Wildman–Crippen LogP) is 3.12. The Bertz CT molecular complexity index is 482. The molecule has 1 fully saturated rings. The summed E-state index contributed by atoms with van der Waals surface area (Å²) in [6, 6.07) is 6.36. The van der Waals surface area contributed by atoms with Gasteiger partial charge in [0.25, 0.3) is 0 Å². The van der Waals surface area contributed by atoms with Gasteiger partial charge in [0.15, 0.2) is 0 Å². The first-order valence-electron chi connectivity index (χ1n) is 8.14. The Hall–Kier alpha value is -1.06. The first-order valence-corrected chi connectivity index (χ1v) is 8.14. The number of halogens is 1. The number of nitrogens with one attached hydrogen (secondary N) is 1. The van der Waals surface area contributed by atoms with E-state index in [1.54, 1.807) is 0 Å². The summed E-state index contributed by atoms with van der Waals surface area (Å²) in [5.74, 6) is 1.01. The van der Waals surface area contributed by atoms with Crippen LogP contribution in [-0.4, -0.2) is 37.0 Å². The second-order valence-corrected chi connectivity index (χ2v) is 6.24. The third-order valence-corrected chi connectivity index (χ3v) is 4.50. The maximum absolute atomic E-state index is 12.5. The Kier molecular flexibility index (Phi) is 7.91. The molecule has 0 spiro atoms. The highest BCUT2D eigenvalue weighted by Gasteiger charge is 2.22. The molecule has 1 heterocycles. The summed E-state index contributed by atoms with van der Waals surface area (Å²) in [6.45, 7) is 10.3. The van der Waals surface area contributed by atoms with Crippen LogP contribution in [0.2, 0.25) is 0 Å². The van der Waals surface area contributed by atoms with Crippen molar-refractivity contribution in [3.05, 3.63) is 34.9 Å². The summed E-state index contributed by atoms with van der Waals surface area (Å²) >= 11 is 0. The van der Waals surface area contributed by atoms with Crippen LogP contribution in [0.5, 0.6) is 0 Å². The number of benzene rings is 1. The van der Waals surface area contributed by atoms with Crippen LogP contribution in [0, 0.1) is 19.8 Å². The summed E-state index contributed by atoms with van der Waals surface area (Å²) in [4.78, 5) is 14.5. The normalized spacial score (nSPS) is 15.5. The molecule has 1 amide bonds. The van der Waals surface area contributed by atoms with Gasteiger partial charge in [0, 0.05) is 13.1 Å². The van der Waals surface area contributed by atoms with Crippen molar-refractivity contribution in [2.24, 2.45) is 5.92 Å². The van der Waals surface area contributed by atoms with Crippen molar-refractivity contribution in [1.29, 1.82) is 0 Å². The highest BCUT2D eigenvalue weighted by Crippen LogP contribution is 2.18. The van der Waals surface area contributed by atoms with Crippen molar-refractivity contribution in [3.8, 4) is 0 Å². The number of carbonyl (C=O) groups excluding carboxylic acids is 1. The fraction of sp³-hybridized carbons (Fsp3) is 0.611. The van der Waals surface area contributed by atoms with Crippen molar-refractivity contribution in [2.75, 3.05) is 26.2 Å². The SMILES string of the molecule is CCNCC1CCN(C(=O)Cc2cc(C)ccc2C)CC1.Cl. The van der Waals surface area contributed by atoms with Crippen molar-refractivity contribution in [2.45, 2.75) is 40.0 Å². The topological polar surface area (TPSA) is 32.3 Å². The number of piperidine rings is 1. The van der Waals surface area contributed by atoms with Gasteiger partial charge in [0.05, 0.1) is 6.42 Å². The van der Waals surface area contributed by atoms with Crippen LogP contribution in [0.15, 0.2) is 18.2 Å². The second kappa shape index (κ2) is 9.16. The number of amides is 1. The molecule has 0 aliphatic carbocycles. The van der Waals surface area contributed by atoms with Gasteiger partial charge in [-0.1, -0.05) is 30.7 Å². The van der Waals surface area contributed by atoms with E-state index in [2.05, 4.69) is 44.3 Å². The fourth-order valence-electron chi connectivity index (χ4n) is 3.00. The summed E-state index contributed by atoms with van der Waals surface area (Å²) in [7, 11) is 0. The van der Waals surface area contributed by atoms with Crippen molar-refractivity contribution in [3.63, 3.8) is 0 Å². The van der Waals surface area contributed by atoms with Gasteiger partial charge < -0.3 is 10.2 Å². The van der Waals surface area contributed by atoms with Crippen LogP contribution in [0.1, 0.15) is 36.5 Å². The van der Waals surface area contributed by atoms with E-state index < -0.39 is 0 Å². The van der Waals surface area contributed by atoms with E-state index in [-0.39, 0.29) is 18.3 Å². The maximum Gasteiger partial charge on any atom is 0.226 e. The van der Waals surface area contributed by atoms with Crippen molar-refractivity contribution in [1.82, 2.24) is 10.2 Å². The number of aryl methyl sites for hydroxylation is 2. The minimum Gasteiger partial charge on any atom is -0.342 e. The van der Waals surface area contributed by atoms with Crippen LogP contribution < -0.4 is 5.32 Å². The molecule has 2 rings (SSSR count). The number of hydrogen-bond donors (Lipinski definition) is 1. The Morgan fingerprint density at radius 2 is 1.95 bits per heavy atom. The second-order valence-electron chi connectivity index (χ2n) is 6.24. The lowest BCUT2D eigenvalue weighted by Crippen LogP contribution is -2.41. The van der Waals surface area contributed by atoms with Crippen molar-refractivity contribution >= 4 is 18.3 Å². The molecule has 0 atom stereocenters. The number of nitrogens with zero attached hydrogens (tertiary/aromatic N) is 1. The molecule has 124 valence electrons. The van der Waals surface area contributed by atoms with Crippen molar-refractivity contribution < 1.29 is 4.79 Å². The third-order valence-electron chi connectivity index (χ3n) is 4.50. The highest BCUT2D eigenvalue weighted by molar-refractivity contribution is 5.85. The van der Waals surface area contributed by atoms with Gasteiger partial charge in [0.1, 0.15) is 0 Å². The van der Waals surface area contributed by atoms with E-state index in [1.165, 1.54) is 16.7 Å². The molecular formula is C18H29ClN2O. The molecule has 1 aromatic rings. The molecule has 0 radical (unpaired) electrons. The van der Waals surface area contributed by atoms with E-state index in [1.807, 2.05) is 4.90 Å². The first kappa shape index (κ1) is 19.0. The number of rotatable bonds is 5. The summed E-state index contributed by atoms with van der Waals surface area (Å²) in [6.07, 6.45) is 2.81. The predicted molar refractivity (Wildman–Crippen MR) is 94.7 cm³/mol. The minimum atomic E-state index is 0. The van der Waals surface area contributed by atoms with E-state index in [9.17, 15) is 4.79 Å². The first-order chi connectivity index (χ1) is 10.1. The molecule has 3 nitrogen and oxygen atoms in total. The Labute approximate surface area is 140 Å². The molecule has 0 bridgehead atoms. The highest BCUT2D eigenvalue weighted by atomic mass is 35.5. The van der Waals surface area contributed by atoms with Crippen LogP contribution >= 0.6 is 12.4 Å². The van der Waals surface area contributed by atoms with Gasteiger partial charge in [0.2, 0.25) is 5.91 Å². The molecule has 0 saturated carbocycles. The molecule has 4 heteroatoms. The lowest BCUT2D eigenvalue weighted by molar-refractivity contribution is -0.131. The maximum atomic E-state index is 12.5. The van der Waals surface area contributed by atoms with E-state index >= 15 is 0 Å². The van der Waals surface area contributed by atoms with Gasteiger partial charge in [-0.2, -0.15) is 0 Å². The van der Waals surface area contributed by atoms with Crippen LogP contribution in [0.4, 0.5) is 0 Å². The van der Waals surface area contributed by atoms with Crippen LogP contribution in [0.25, 0.3) is 0 Å². The fourth-order valence-corrected chi connectivity index (χ4v) is 3.00. The summed E-state index contributed by atoms with van der Waals surface area (Å²) in [5.41, 5.74) is 3.62. The molecule has 1 aliphatic heterocycles. The average Bonchev–Trinajstić information content (AvgIpc) is 2.49. The Morgan fingerprint density at radius 3 is 2.59 bits per heavy atom. The van der Waals surface area contributed by atoms with E-state index in [4.69, 9.17) is 0 Å². The number of hydrogen-bond acceptors (Lipinski definition) is 2. The number of likely N-dealkylation sites (tertiary alicyclic amines) is 1. The van der Waals surface area contributed by atoms with E-state index in [0.29, 0.717) is 6.42 Å². The van der Waals surface area contributed by atoms with Gasteiger partial charge in [-0.25, -0.2) is 0 Å². The molecule has 22 heavy (non-hydrogen) atoms. The Balaban J connectivity index is 0.00000242. The summed E-state index contributed by atoms with van der Waals surface area (Å²) < 4.78 is 0. The molecular weight excluding hydrogens is 296 g/mol. The molecule has 1 N–H and O–H groups in total. The van der Waals surface area contributed by atoms with Crippen LogP contribution in [-0.2, 0) is 11.2 Å². The zero-order valence-corrected chi connectivity index (χ0v) is 14.8. The minimum absolute atomic E-state index is 0. The van der Waals surface area contributed by atoms with Gasteiger partial charge in [-0.15, -0.1) is 12.4 Å². The van der Waals surface area contributed by atoms with E-state index in [0.717, 1.165) is 44.9 Å². The standard InChI is InChI=1S/C18H28N2O.ClH/c1-4-19-13-16-7-9-20(10-8-16)18(21)12-17-11-14(2)5-6-15(17)3;/h5-6,11,16,19H,4,7-10,12-13H2,1-3H3;1H.